The van der Waals surface area contributed by atoms with Crippen LogP contribution in [0.5, 0.6) is 0 Å². The van der Waals surface area contributed by atoms with Gasteiger partial charge in [0.05, 0.1) is 0 Å². The van der Waals surface area contributed by atoms with Gasteiger partial charge in [0, 0.05) is 25.2 Å². The molecule has 1 fully saturated rings. The number of hydrogen-bond donors (Lipinski definition) is 1. The van der Waals surface area contributed by atoms with Gasteiger partial charge in [-0.15, -0.1) is 0 Å². The van der Waals surface area contributed by atoms with Crippen LogP contribution in [0, 0.1) is 6.92 Å². The summed E-state index contributed by atoms with van der Waals surface area (Å²) >= 11 is 0. The topological polar surface area (TPSA) is 59.5 Å². The molecule has 1 saturated heterocycles. The Kier molecular flexibility index (Phi) is 3.64. The summed E-state index contributed by atoms with van der Waals surface area (Å²) in [6.45, 7) is 3.33. The van der Waals surface area contributed by atoms with Gasteiger partial charge in [-0.25, -0.2) is 0 Å². The Morgan fingerprint density at radius 1 is 1.59 bits per heavy atom. The van der Waals surface area contributed by atoms with Gasteiger partial charge in [0.2, 0.25) is 5.91 Å². The summed E-state index contributed by atoms with van der Waals surface area (Å²) in [5.41, 5.74) is 5.84. The number of nitrogens with two attached hydrogens (primary N) is 1. The third kappa shape index (κ3) is 3.20. The van der Waals surface area contributed by atoms with Gasteiger partial charge in [0.25, 0.3) is 0 Å². The van der Waals surface area contributed by atoms with Crippen LogP contribution >= 0.6 is 0 Å². The number of carbonyl (C=O) groups is 1. The molecule has 1 aliphatic rings. The maximum Gasteiger partial charge on any atom is 0.246 e. The van der Waals surface area contributed by atoms with Gasteiger partial charge in [-0.3, -0.25) is 4.79 Å². The minimum absolute atomic E-state index is 0.00852. The molecule has 0 aromatic carbocycles. The van der Waals surface area contributed by atoms with Crippen LogP contribution in [-0.2, 0) is 4.79 Å². The number of rotatable bonds is 2. The van der Waals surface area contributed by atoms with Gasteiger partial charge in [-0.2, -0.15) is 0 Å². The van der Waals surface area contributed by atoms with Crippen molar-refractivity contribution in [3.8, 4) is 0 Å². The van der Waals surface area contributed by atoms with Crippen LogP contribution in [0.4, 0.5) is 0 Å². The summed E-state index contributed by atoms with van der Waals surface area (Å²) in [5, 5.41) is 0. The lowest BCUT2D eigenvalue weighted by molar-refractivity contribution is -0.127. The molecule has 2 heterocycles. The predicted molar refractivity (Wildman–Crippen MR) is 66.3 cm³/mol. The fraction of sp³-hybridized carbons (Fsp3) is 0.462. The molecule has 1 aromatic rings. The van der Waals surface area contributed by atoms with E-state index < -0.39 is 0 Å². The van der Waals surface area contributed by atoms with Gasteiger partial charge < -0.3 is 15.1 Å². The molecule has 0 spiro atoms. The number of likely N-dealkylation sites (tertiary alicyclic amines) is 1. The number of hydrogen-bond acceptors (Lipinski definition) is 3. The Morgan fingerprint density at radius 2 is 2.41 bits per heavy atom. The van der Waals surface area contributed by atoms with E-state index in [-0.39, 0.29) is 11.9 Å². The molecule has 1 amide bonds. The minimum Gasteiger partial charge on any atom is -0.462 e. The predicted octanol–water partition coefficient (Wildman–Crippen LogP) is 1.55. The van der Waals surface area contributed by atoms with Crippen molar-refractivity contribution in [2.24, 2.45) is 5.73 Å². The largest absolute Gasteiger partial charge is 0.462 e. The molecule has 0 radical (unpaired) electrons. The second-order valence-corrected chi connectivity index (χ2v) is 4.47. The first-order valence-corrected chi connectivity index (χ1v) is 5.94. The van der Waals surface area contributed by atoms with Crippen LogP contribution in [0.1, 0.15) is 24.4 Å². The molecular weight excluding hydrogens is 216 g/mol. The summed E-state index contributed by atoms with van der Waals surface area (Å²) in [6.07, 6.45) is 5.25. The number of aryl methyl sites for hydroxylation is 1. The van der Waals surface area contributed by atoms with Crippen molar-refractivity contribution in [1.29, 1.82) is 0 Å². The number of nitrogens with zero attached hydrogens (tertiary/aromatic N) is 1. The van der Waals surface area contributed by atoms with E-state index in [2.05, 4.69) is 0 Å². The van der Waals surface area contributed by atoms with Crippen molar-refractivity contribution in [3.63, 3.8) is 0 Å². The van der Waals surface area contributed by atoms with Crippen LogP contribution in [-0.4, -0.2) is 29.9 Å². The van der Waals surface area contributed by atoms with Crippen molar-refractivity contribution in [1.82, 2.24) is 4.90 Å². The first-order valence-electron chi connectivity index (χ1n) is 5.94. The van der Waals surface area contributed by atoms with Gasteiger partial charge in [0.15, 0.2) is 0 Å². The lowest BCUT2D eigenvalue weighted by Gasteiger charge is -2.29. The second kappa shape index (κ2) is 5.19. The third-order valence-corrected chi connectivity index (χ3v) is 2.92. The fourth-order valence-corrected chi connectivity index (χ4v) is 2.01. The van der Waals surface area contributed by atoms with Crippen molar-refractivity contribution in [2.75, 3.05) is 13.1 Å². The summed E-state index contributed by atoms with van der Waals surface area (Å²) in [7, 11) is 0. The normalized spacial score (nSPS) is 21.1. The van der Waals surface area contributed by atoms with Crippen molar-refractivity contribution >= 4 is 12.0 Å². The zero-order chi connectivity index (χ0) is 12.3. The number of carbonyl (C=O) groups excluding carboxylic acids is 1. The summed E-state index contributed by atoms with van der Waals surface area (Å²) in [6, 6.07) is 3.84. The molecule has 4 nitrogen and oxygen atoms in total. The van der Waals surface area contributed by atoms with E-state index in [0.29, 0.717) is 12.3 Å². The van der Waals surface area contributed by atoms with Crippen LogP contribution in [0.15, 0.2) is 22.6 Å². The Morgan fingerprint density at radius 3 is 3.06 bits per heavy atom. The number of piperidine rings is 1. The Hall–Kier alpha value is -1.55. The van der Waals surface area contributed by atoms with Crippen molar-refractivity contribution in [3.05, 3.63) is 29.7 Å². The lowest BCUT2D eigenvalue weighted by Crippen LogP contribution is -2.45. The average Bonchev–Trinajstić information content (AvgIpc) is 2.72. The zero-order valence-electron chi connectivity index (χ0n) is 10.1. The van der Waals surface area contributed by atoms with E-state index in [4.69, 9.17) is 10.2 Å². The van der Waals surface area contributed by atoms with E-state index in [1.807, 2.05) is 19.1 Å². The van der Waals surface area contributed by atoms with E-state index >= 15 is 0 Å². The van der Waals surface area contributed by atoms with E-state index in [1.54, 1.807) is 17.1 Å². The van der Waals surface area contributed by atoms with Crippen LogP contribution in [0.25, 0.3) is 6.08 Å². The van der Waals surface area contributed by atoms with Gasteiger partial charge in [0.1, 0.15) is 11.5 Å². The molecule has 92 valence electrons. The highest BCUT2D eigenvalue weighted by atomic mass is 16.3. The molecule has 1 aliphatic heterocycles. The van der Waals surface area contributed by atoms with Crippen LogP contribution < -0.4 is 5.73 Å². The molecular formula is C13H18N2O2. The Balaban J connectivity index is 1.94. The van der Waals surface area contributed by atoms with Crippen LogP contribution in [0.2, 0.25) is 0 Å². The lowest BCUT2D eigenvalue weighted by atomic mass is 10.1. The maximum atomic E-state index is 11.9. The summed E-state index contributed by atoms with van der Waals surface area (Å²) < 4.78 is 5.36. The highest BCUT2D eigenvalue weighted by molar-refractivity contribution is 5.91. The molecule has 0 aliphatic carbocycles. The van der Waals surface area contributed by atoms with Gasteiger partial charge >= 0.3 is 0 Å². The maximum absolute atomic E-state index is 11.9. The summed E-state index contributed by atoms with van der Waals surface area (Å²) in [4.78, 5) is 13.7. The first kappa shape index (κ1) is 11.9. The molecule has 2 N–H and O–H groups in total. The van der Waals surface area contributed by atoms with Crippen LogP contribution in [0.3, 0.4) is 0 Å². The van der Waals surface area contributed by atoms with E-state index in [0.717, 1.165) is 25.1 Å². The van der Waals surface area contributed by atoms with Crippen molar-refractivity contribution < 1.29 is 9.21 Å². The first-order chi connectivity index (χ1) is 8.15. The zero-order valence-corrected chi connectivity index (χ0v) is 10.1. The number of amides is 1. The highest BCUT2D eigenvalue weighted by Crippen LogP contribution is 2.11. The molecule has 4 heteroatoms. The van der Waals surface area contributed by atoms with E-state index in [1.165, 1.54) is 0 Å². The monoisotopic (exact) mass is 234 g/mol. The standard InChI is InChI=1S/C13H18N2O2/c1-10-4-5-12(17-10)6-7-13(16)15-8-2-3-11(14)9-15/h4-7,11H,2-3,8-9,14H2,1H3/b7-6+. The minimum atomic E-state index is 0.00852. The number of furan rings is 1. The fourth-order valence-electron chi connectivity index (χ4n) is 2.01. The quantitative estimate of drug-likeness (QED) is 0.790. The van der Waals surface area contributed by atoms with E-state index in [9.17, 15) is 4.79 Å². The summed E-state index contributed by atoms with van der Waals surface area (Å²) in [5.74, 6) is 1.56. The molecule has 1 unspecified atom stereocenters. The van der Waals surface area contributed by atoms with Gasteiger partial charge in [-0.05, 0) is 38.0 Å². The molecule has 2 rings (SSSR count). The molecule has 1 atom stereocenters. The third-order valence-electron chi connectivity index (χ3n) is 2.92. The smallest absolute Gasteiger partial charge is 0.246 e. The average molecular weight is 234 g/mol. The van der Waals surface area contributed by atoms with Crippen molar-refractivity contribution in [2.45, 2.75) is 25.8 Å². The molecule has 17 heavy (non-hydrogen) atoms. The Bertz CT molecular complexity index is 423. The molecule has 1 aromatic heterocycles. The Labute approximate surface area is 101 Å². The molecule has 0 bridgehead atoms. The SMILES string of the molecule is Cc1ccc(/C=C/C(=O)N2CCCC(N)C2)o1. The second-order valence-electron chi connectivity index (χ2n) is 4.47. The van der Waals surface area contributed by atoms with Gasteiger partial charge in [-0.1, -0.05) is 0 Å². The molecule has 0 saturated carbocycles. The highest BCUT2D eigenvalue weighted by Gasteiger charge is 2.19.